The lowest BCUT2D eigenvalue weighted by Gasteiger charge is -2.23. The number of nitrogens with one attached hydrogen (secondary N) is 1. The third-order valence-corrected chi connectivity index (χ3v) is 4.03. The normalized spacial score (nSPS) is 16.9. The van der Waals surface area contributed by atoms with Crippen molar-refractivity contribution in [1.29, 1.82) is 0 Å². The molecule has 20 heavy (non-hydrogen) atoms. The molecule has 0 atom stereocenters. The molecule has 1 aromatic carbocycles. The highest BCUT2D eigenvalue weighted by molar-refractivity contribution is 6.33. The highest BCUT2D eigenvalue weighted by atomic mass is 35.5. The van der Waals surface area contributed by atoms with Crippen molar-refractivity contribution in [2.75, 3.05) is 5.32 Å². The zero-order valence-corrected chi connectivity index (χ0v) is 11.5. The molecule has 6 heteroatoms. The number of carbonyl (C=O) groups excluding carboxylic acids is 1. The van der Waals surface area contributed by atoms with Crippen molar-refractivity contribution in [3.05, 3.63) is 29.0 Å². The minimum absolute atomic E-state index is 0.0873. The van der Waals surface area contributed by atoms with Crippen LogP contribution in [0.2, 0.25) is 5.02 Å². The number of aliphatic carboxylic acids is 1. The van der Waals surface area contributed by atoms with Crippen LogP contribution in [0.15, 0.2) is 18.2 Å². The zero-order valence-electron chi connectivity index (χ0n) is 10.8. The fraction of sp³-hybridized carbons (Fsp3) is 0.429. The summed E-state index contributed by atoms with van der Waals surface area (Å²) in [5, 5.41) is 11.9. The van der Waals surface area contributed by atoms with Crippen LogP contribution in [0.4, 0.5) is 10.1 Å². The van der Waals surface area contributed by atoms with Gasteiger partial charge in [0.15, 0.2) is 0 Å². The van der Waals surface area contributed by atoms with Crippen LogP contribution in [0.1, 0.15) is 32.1 Å². The summed E-state index contributed by atoms with van der Waals surface area (Å²) in [7, 11) is 0. The number of rotatable bonds is 4. The monoisotopic (exact) mass is 299 g/mol. The molecular weight excluding hydrogens is 285 g/mol. The molecule has 0 unspecified atom stereocenters. The van der Waals surface area contributed by atoms with Crippen molar-refractivity contribution in [1.82, 2.24) is 0 Å². The van der Waals surface area contributed by atoms with Gasteiger partial charge in [0.05, 0.1) is 16.1 Å². The number of carbonyl (C=O) groups is 2. The van der Waals surface area contributed by atoms with Gasteiger partial charge in [0.2, 0.25) is 5.91 Å². The van der Waals surface area contributed by atoms with Crippen LogP contribution >= 0.6 is 11.6 Å². The lowest BCUT2D eigenvalue weighted by molar-refractivity contribution is -0.150. The van der Waals surface area contributed by atoms with E-state index in [4.69, 9.17) is 11.6 Å². The molecule has 1 aromatic rings. The van der Waals surface area contributed by atoms with E-state index >= 15 is 0 Å². The Hall–Kier alpha value is -1.62. The molecule has 1 aliphatic carbocycles. The van der Waals surface area contributed by atoms with E-state index in [1.165, 1.54) is 12.1 Å². The molecule has 1 amide bonds. The predicted octanol–water partition coefficient (Wildman–Crippen LogP) is 3.45. The molecule has 0 radical (unpaired) electrons. The van der Waals surface area contributed by atoms with Crippen LogP contribution in [0, 0.1) is 11.2 Å². The average molecular weight is 300 g/mol. The van der Waals surface area contributed by atoms with Crippen molar-refractivity contribution < 1.29 is 19.1 Å². The first-order valence-corrected chi connectivity index (χ1v) is 6.79. The first kappa shape index (κ1) is 14.8. The van der Waals surface area contributed by atoms with Crippen molar-refractivity contribution in [2.24, 2.45) is 5.41 Å². The van der Waals surface area contributed by atoms with Gasteiger partial charge in [0.1, 0.15) is 5.82 Å². The van der Waals surface area contributed by atoms with E-state index in [0.29, 0.717) is 12.8 Å². The van der Waals surface area contributed by atoms with Crippen molar-refractivity contribution in [2.45, 2.75) is 32.1 Å². The standard InChI is InChI=1S/C14H15ClFNO3/c15-10-7-9(16)3-4-11(10)17-12(18)8-14(13(19)20)5-1-2-6-14/h3-4,7H,1-2,5-6,8H2,(H,17,18)(H,19,20). The van der Waals surface area contributed by atoms with Gasteiger partial charge in [-0.25, -0.2) is 4.39 Å². The van der Waals surface area contributed by atoms with Gasteiger partial charge in [-0.1, -0.05) is 24.4 Å². The summed E-state index contributed by atoms with van der Waals surface area (Å²) in [4.78, 5) is 23.4. The SMILES string of the molecule is O=C(CC1(C(=O)O)CCCC1)Nc1ccc(F)cc1Cl. The first-order chi connectivity index (χ1) is 9.43. The number of hydrogen-bond acceptors (Lipinski definition) is 2. The molecule has 2 N–H and O–H groups in total. The second-order valence-electron chi connectivity index (χ2n) is 5.14. The Kier molecular flexibility index (Phi) is 4.28. The number of amides is 1. The van der Waals surface area contributed by atoms with Gasteiger partial charge < -0.3 is 10.4 Å². The fourth-order valence-electron chi connectivity index (χ4n) is 2.61. The number of anilines is 1. The maximum absolute atomic E-state index is 12.9. The molecule has 1 saturated carbocycles. The molecule has 4 nitrogen and oxygen atoms in total. The minimum Gasteiger partial charge on any atom is -0.481 e. The molecule has 108 valence electrons. The summed E-state index contributed by atoms with van der Waals surface area (Å²) in [5.41, 5.74) is -0.687. The zero-order chi connectivity index (χ0) is 14.8. The van der Waals surface area contributed by atoms with Crippen LogP contribution in [-0.4, -0.2) is 17.0 Å². The number of carboxylic acids is 1. The summed E-state index contributed by atoms with van der Waals surface area (Å²) in [6, 6.07) is 3.64. The van der Waals surface area contributed by atoms with Crippen LogP contribution in [-0.2, 0) is 9.59 Å². The third-order valence-electron chi connectivity index (χ3n) is 3.72. The molecule has 0 aliphatic heterocycles. The Morgan fingerprint density at radius 3 is 2.55 bits per heavy atom. The molecule has 1 fully saturated rings. The summed E-state index contributed by atoms with van der Waals surface area (Å²) in [6.45, 7) is 0. The largest absolute Gasteiger partial charge is 0.481 e. The molecule has 2 rings (SSSR count). The second-order valence-corrected chi connectivity index (χ2v) is 5.55. The van der Waals surface area contributed by atoms with Crippen LogP contribution in [0.5, 0.6) is 0 Å². The predicted molar refractivity (Wildman–Crippen MR) is 73.2 cm³/mol. The fourth-order valence-corrected chi connectivity index (χ4v) is 2.83. The summed E-state index contributed by atoms with van der Waals surface area (Å²) in [6.07, 6.45) is 2.56. The number of carboxylic acid groups (broad SMARTS) is 1. The van der Waals surface area contributed by atoms with Gasteiger partial charge in [-0.15, -0.1) is 0 Å². The van der Waals surface area contributed by atoms with E-state index in [9.17, 15) is 19.1 Å². The highest BCUT2D eigenvalue weighted by Crippen LogP contribution is 2.41. The second kappa shape index (κ2) is 5.79. The maximum Gasteiger partial charge on any atom is 0.310 e. The Morgan fingerprint density at radius 2 is 2.00 bits per heavy atom. The minimum atomic E-state index is -0.976. The van der Waals surface area contributed by atoms with E-state index in [1.54, 1.807) is 0 Å². The van der Waals surface area contributed by atoms with Crippen LogP contribution < -0.4 is 5.32 Å². The Morgan fingerprint density at radius 1 is 1.35 bits per heavy atom. The molecule has 0 heterocycles. The first-order valence-electron chi connectivity index (χ1n) is 6.41. The smallest absolute Gasteiger partial charge is 0.310 e. The topological polar surface area (TPSA) is 66.4 Å². The lowest BCUT2D eigenvalue weighted by atomic mass is 9.82. The van der Waals surface area contributed by atoms with Gasteiger partial charge in [-0.2, -0.15) is 0 Å². The molecule has 0 spiro atoms. The molecule has 0 aromatic heterocycles. The molecule has 0 saturated heterocycles. The number of benzene rings is 1. The molecule has 1 aliphatic rings. The summed E-state index contributed by atoms with van der Waals surface area (Å²) in [5.74, 6) is -1.84. The van der Waals surface area contributed by atoms with Gasteiger partial charge in [0, 0.05) is 6.42 Å². The van der Waals surface area contributed by atoms with E-state index in [1.807, 2.05) is 0 Å². The van der Waals surface area contributed by atoms with E-state index in [-0.39, 0.29) is 17.1 Å². The van der Waals surface area contributed by atoms with Crippen molar-refractivity contribution in [3.8, 4) is 0 Å². The quantitative estimate of drug-likeness (QED) is 0.895. The third kappa shape index (κ3) is 3.10. The van der Waals surface area contributed by atoms with Crippen molar-refractivity contribution >= 4 is 29.2 Å². The Balaban J connectivity index is 2.07. The summed E-state index contributed by atoms with van der Waals surface area (Å²) < 4.78 is 12.9. The lowest BCUT2D eigenvalue weighted by Crippen LogP contribution is -2.32. The van der Waals surface area contributed by atoms with Crippen molar-refractivity contribution in [3.63, 3.8) is 0 Å². The average Bonchev–Trinajstić information content (AvgIpc) is 2.82. The molecule has 0 bridgehead atoms. The highest BCUT2D eigenvalue weighted by Gasteiger charge is 2.42. The number of hydrogen-bond donors (Lipinski definition) is 2. The Bertz CT molecular complexity index is 541. The molecular formula is C14H15ClFNO3. The Labute approximate surface area is 120 Å². The van der Waals surface area contributed by atoms with Crippen LogP contribution in [0.25, 0.3) is 0 Å². The summed E-state index contributed by atoms with van der Waals surface area (Å²) >= 11 is 5.82. The van der Waals surface area contributed by atoms with Gasteiger partial charge in [-0.05, 0) is 31.0 Å². The number of halogens is 2. The van der Waals surface area contributed by atoms with Gasteiger partial charge >= 0.3 is 5.97 Å². The van der Waals surface area contributed by atoms with Gasteiger partial charge in [0.25, 0.3) is 0 Å². The van der Waals surface area contributed by atoms with E-state index < -0.39 is 23.1 Å². The van der Waals surface area contributed by atoms with Crippen LogP contribution in [0.3, 0.4) is 0 Å². The maximum atomic E-state index is 12.9. The van der Waals surface area contributed by atoms with E-state index in [0.717, 1.165) is 18.9 Å². The van der Waals surface area contributed by atoms with E-state index in [2.05, 4.69) is 5.32 Å². The van der Waals surface area contributed by atoms with Gasteiger partial charge in [-0.3, -0.25) is 9.59 Å².